The molecule has 0 radical (unpaired) electrons. The minimum absolute atomic E-state index is 0.00224. The van der Waals surface area contributed by atoms with E-state index in [1.807, 2.05) is 30.3 Å². The molecule has 3 aromatic rings. The monoisotopic (exact) mass is 618 g/mol. The summed E-state index contributed by atoms with van der Waals surface area (Å²) in [4.78, 5) is 32.2. The zero-order valence-electron chi connectivity index (χ0n) is 27.2. The molecule has 1 N–H and O–H groups in total. The van der Waals surface area contributed by atoms with Crippen LogP contribution in [0.1, 0.15) is 69.9 Å². The van der Waals surface area contributed by atoms with Gasteiger partial charge < -0.3 is 9.84 Å². The number of likely N-dealkylation sites (tertiary alicyclic amines) is 2. The third kappa shape index (κ3) is 5.82. The Bertz CT molecular complexity index is 1670. The SMILES string of the molecule is CCCC1=C2[C@@H](CC/C(C)=C/c3ccc(O)c4ccccc34)OC[C@@H]2[C@@H]2C(=O)N(C3CCN(Cc4ccccc4)CC3)C(=O)[C@@H]2C1. The molecule has 0 unspecified atom stereocenters. The highest BCUT2D eigenvalue weighted by atomic mass is 16.5. The van der Waals surface area contributed by atoms with Crippen LogP contribution in [0.15, 0.2) is 83.4 Å². The molecule has 240 valence electrons. The van der Waals surface area contributed by atoms with Gasteiger partial charge in [0, 0.05) is 37.0 Å². The van der Waals surface area contributed by atoms with Crippen molar-refractivity contribution in [3.8, 4) is 5.75 Å². The minimum atomic E-state index is -0.282. The Hall–Kier alpha value is -3.74. The largest absolute Gasteiger partial charge is 0.507 e. The Labute approximate surface area is 272 Å². The standard InChI is InChI=1S/C40H46N2O4/c1-3-9-29-23-33-38(40(45)42(39(33)44)30-18-20-41(21-19-30)24-27-10-5-4-6-11-27)34-25-46-36(37(29)34)17-14-26(2)22-28-15-16-35(43)32-13-8-7-12-31(28)32/h4-8,10-13,15-16,22,30,33-34,36,38,43H,3,9,14,17-21,23-25H2,1-2H3/b26-22+/t33-,34+,36-,38-/m1/s1. The zero-order valence-corrected chi connectivity index (χ0v) is 27.2. The molecule has 7 rings (SSSR count). The van der Waals surface area contributed by atoms with Crippen LogP contribution in [0.2, 0.25) is 0 Å². The molecule has 3 aliphatic heterocycles. The van der Waals surface area contributed by atoms with Crippen LogP contribution in [-0.4, -0.2) is 58.6 Å². The second kappa shape index (κ2) is 13.2. The maximum atomic E-state index is 14.1. The highest BCUT2D eigenvalue weighted by Gasteiger charge is 2.58. The number of phenolic OH excluding ortho intramolecular Hbond substituents is 1. The fraction of sp³-hybridized carbons (Fsp3) is 0.450. The van der Waals surface area contributed by atoms with Crippen molar-refractivity contribution in [2.75, 3.05) is 19.7 Å². The first kappa shape index (κ1) is 30.9. The minimum Gasteiger partial charge on any atom is -0.507 e. The van der Waals surface area contributed by atoms with E-state index in [0.717, 1.165) is 74.5 Å². The quantitative estimate of drug-likeness (QED) is 0.199. The first-order valence-corrected chi connectivity index (χ1v) is 17.3. The molecule has 2 amide bonds. The predicted octanol–water partition coefficient (Wildman–Crippen LogP) is 7.51. The number of hydrogen-bond donors (Lipinski definition) is 1. The van der Waals surface area contributed by atoms with Gasteiger partial charge >= 0.3 is 0 Å². The Balaban J connectivity index is 1.04. The van der Waals surface area contributed by atoms with E-state index in [0.29, 0.717) is 18.8 Å². The van der Waals surface area contributed by atoms with Crippen LogP contribution in [0.25, 0.3) is 16.8 Å². The van der Waals surface area contributed by atoms with Crippen LogP contribution < -0.4 is 0 Å². The number of aromatic hydroxyl groups is 1. The molecule has 6 nitrogen and oxygen atoms in total. The lowest BCUT2D eigenvalue weighted by molar-refractivity contribution is -0.144. The van der Waals surface area contributed by atoms with E-state index in [1.165, 1.54) is 22.3 Å². The van der Waals surface area contributed by atoms with Gasteiger partial charge in [-0.25, -0.2) is 0 Å². The molecule has 3 fully saturated rings. The van der Waals surface area contributed by atoms with E-state index in [-0.39, 0.29) is 41.7 Å². The van der Waals surface area contributed by atoms with Gasteiger partial charge in [0.25, 0.3) is 0 Å². The van der Waals surface area contributed by atoms with Crippen molar-refractivity contribution in [1.29, 1.82) is 0 Å². The number of piperidine rings is 1. The lowest BCUT2D eigenvalue weighted by atomic mass is 9.68. The Morgan fingerprint density at radius 2 is 1.67 bits per heavy atom. The van der Waals surface area contributed by atoms with Crippen LogP contribution in [0.3, 0.4) is 0 Å². The molecule has 3 saturated heterocycles. The Morgan fingerprint density at radius 3 is 2.43 bits per heavy atom. The highest BCUT2D eigenvalue weighted by Crippen LogP contribution is 2.51. The number of phenols is 1. The molecule has 1 aliphatic carbocycles. The Kier molecular flexibility index (Phi) is 8.84. The molecule has 0 saturated carbocycles. The summed E-state index contributed by atoms with van der Waals surface area (Å²) in [6, 6.07) is 22.2. The second-order valence-electron chi connectivity index (χ2n) is 13.9. The summed E-state index contributed by atoms with van der Waals surface area (Å²) in [6.45, 7) is 7.60. The average molecular weight is 619 g/mol. The van der Waals surface area contributed by atoms with Gasteiger partial charge in [0.2, 0.25) is 11.8 Å². The third-order valence-electron chi connectivity index (χ3n) is 10.9. The fourth-order valence-electron chi connectivity index (χ4n) is 8.70. The lowest BCUT2D eigenvalue weighted by Crippen LogP contribution is -2.47. The zero-order chi connectivity index (χ0) is 31.8. The smallest absolute Gasteiger partial charge is 0.234 e. The average Bonchev–Trinajstić information content (AvgIpc) is 3.61. The first-order valence-electron chi connectivity index (χ1n) is 17.3. The number of benzene rings is 3. The van der Waals surface area contributed by atoms with Crippen LogP contribution in [0, 0.1) is 17.8 Å². The summed E-state index contributed by atoms with van der Waals surface area (Å²) in [5.74, 6) is -0.0990. The predicted molar refractivity (Wildman–Crippen MR) is 182 cm³/mol. The van der Waals surface area contributed by atoms with Gasteiger partial charge in [-0.05, 0) is 73.6 Å². The molecule has 4 aliphatic rings. The topological polar surface area (TPSA) is 70.1 Å². The number of ether oxygens (including phenoxy) is 1. The number of carbonyl (C=O) groups is 2. The highest BCUT2D eigenvalue weighted by molar-refractivity contribution is 6.06. The van der Waals surface area contributed by atoms with Gasteiger partial charge in [0.05, 0.1) is 24.5 Å². The van der Waals surface area contributed by atoms with Crippen LogP contribution in [0.4, 0.5) is 0 Å². The number of rotatable bonds is 9. The van der Waals surface area contributed by atoms with Crippen molar-refractivity contribution in [2.45, 2.75) is 77.5 Å². The maximum Gasteiger partial charge on any atom is 0.234 e. The van der Waals surface area contributed by atoms with Crippen molar-refractivity contribution in [3.05, 3.63) is 94.6 Å². The number of nitrogens with zero attached hydrogens (tertiary/aromatic N) is 2. The van der Waals surface area contributed by atoms with E-state index in [4.69, 9.17) is 4.74 Å². The summed E-state index contributed by atoms with van der Waals surface area (Å²) >= 11 is 0. The first-order chi connectivity index (χ1) is 22.4. The summed E-state index contributed by atoms with van der Waals surface area (Å²) in [6.07, 6.45) is 8.32. The molecule has 0 aromatic heterocycles. The van der Waals surface area contributed by atoms with Gasteiger partial charge in [-0.1, -0.05) is 91.2 Å². The number of amides is 2. The molecule has 4 atom stereocenters. The lowest BCUT2D eigenvalue weighted by Gasteiger charge is -2.36. The molecule has 6 heteroatoms. The summed E-state index contributed by atoms with van der Waals surface area (Å²) in [7, 11) is 0. The van der Waals surface area contributed by atoms with Crippen molar-refractivity contribution in [1.82, 2.24) is 9.80 Å². The van der Waals surface area contributed by atoms with Gasteiger partial charge in [-0.2, -0.15) is 0 Å². The van der Waals surface area contributed by atoms with Crippen LogP contribution in [0.5, 0.6) is 5.75 Å². The van der Waals surface area contributed by atoms with Crippen LogP contribution >= 0.6 is 0 Å². The van der Waals surface area contributed by atoms with Gasteiger partial charge in [0.1, 0.15) is 5.75 Å². The molecule has 0 spiro atoms. The van der Waals surface area contributed by atoms with E-state index >= 15 is 0 Å². The summed E-state index contributed by atoms with van der Waals surface area (Å²) in [5.41, 5.74) is 6.35. The Morgan fingerprint density at radius 1 is 0.935 bits per heavy atom. The molecule has 3 heterocycles. The van der Waals surface area contributed by atoms with Crippen molar-refractivity contribution in [3.63, 3.8) is 0 Å². The molecular weight excluding hydrogens is 572 g/mol. The molecular formula is C40H46N2O4. The van der Waals surface area contributed by atoms with Crippen molar-refractivity contribution in [2.24, 2.45) is 17.8 Å². The number of hydrogen-bond acceptors (Lipinski definition) is 5. The number of imide groups is 1. The molecule has 46 heavy (non-hydrogen) atoms. The van der Waals surface area contributed by atoms with Gasteiger partial charge in [-0.3, -0.25) is 19.4 Å². The van der Waals surface area contributed by atoms with Gasteiger partial charge in [0.15, 0.2) is 0 Å². The van der Waals surface area contributed by atoms with E-state index in [1.54, 1.807) is 11.0 Å². The number of allylic oxidation sites excluding steroid dienone is 2. The van der Waals surface area contributed by atoms with E-state index in [2.05, 4.69) is 55.2 Å². The summed E-state index contributed by atoms with van der Waals surface area (Å²) < 4.78 is 6.50. The van der Waals surface area contributed by atoms with Gasteiger partial charge in [-0.15, -0.1) is 0 Å². The molecule has 0 bridgehead atoms. The normalized spacial score (nSPS) is 25.9. The third-order valence-corrected chi connectivity index (χ3v) is 10.9. The van der Waals surface area contributed by atoms with Crippen molar-refractivity contribution >= 4 is 28.7 Å². The maximum absolute atomic E-state index is 14.1. The molecule has 3 aromatic carbocycles. The van der Waals surface area contributed by atoms with E-state index in [9.17, 15) is 14.7 Å². The van der Waals surface area contributed by atoms with E-state index < -0.39 is 0 Å². The van der Waals surface area contributed by atoms with Crippen molar-refractivity contribution < 1.29 is 19.4 Å². The number of carbonyl (C=O) groups excluding carboxylic acids is 2. The van der Waals surface area contributed by atoms with Crippen LogP contribution in [-0.2, 0) is 20.9 Å². The summed E-state index contributed by atoms with van der Waals surface area (Å²) in [5, 5.41) is 12.2. The second-order valence-corrected chi connectivity index (χ2v) is 13.9. The fourth-order valence-corrected chi connectivity index (χ4v) is 8.70. The number of fused-ring (bicyclic) bond motifs is 4.